The van der Waals surface area contributed by atoms with Gasteiger partial charge in [0.25, 0.3) is 0 Å². The van der Waals surface area contributed by atoms with E-state index in [1.165, 1.54) is 19.2 Å². The van der Waals surface area contributed by atoms with Crippen molar-refractivity contribution in [2.24, 2.45) is 0 Å². The third kappa shape index (κ3) is 2.10. The Balaban J connectivity index is 2.57. The Bertz CT molecular complexity index is 611. The van der Waals surface area contributed by atoms with Gasteiger partial charge in [0.2, 0.25) is 0 Å². The SMILES string of the molecule is COc1ccc(-c2onc(N)c2I)cc1[N+](=O)[O-]. The highest BCUT2D eigenvalue weighted by atomic mass is 127. The topological polar surface area (TPSA) is 104 Å². The Morgan fingerprint density at radius 1 is 1.56 bits per heavy atom. The second-order valence-corrected chi connectivity index (χ2v) is 4.43. The molecule has 1 heterocycles. The molecule has 0 aliphatic rings. The summed E-state index contributed by atoms with van der Waals surface area (Å²) < 4.78 is 10.6. The fourth-order valence-electron chi connectivity index (χ4n) is 1.44. The molecule has 94 valence electrons. The van der Waals surface area contributed by atoms with Gasteiger partial charge in [0.05, 0.1) is 12.0 Å². The van der Waals surface area contributed by atoms with Crippen LogP contribution >= 0.6 is 22.6 Å². The van der Waals surface area contributed by atoms with Gasteiger partial charge in [-0.25, -0.2) is 0 Å². The molecular weight excluding hydrogens is 353 g/mol. The summed E-state index contributed by atoms with van der Waals surface area (Å²) in [4.78, 5) is 10.4. The van der Waals surface area contributed by atoms with Crippen molar-refractivity contribution in [3.05, 3.63) is 31.9 Å². The quantitative estimate of drug-likeness (QED) is 0.512. The molecule has 8 heteroatoms. The third-order valence-electron chi connectivity index (χ3n) is 2.30. The van der Waals surface area contributed by atoms with Gasteiger partial charge in [-0.2, -0.15) is 0 Å². The van der Waals surface area contributed by atoms with Gasteiger partial charge in [0.1, 0.15) is 3.57 Å². The second-order valence-electron chi connectivity index (χ2n) is 3.35. The zero-order chi connectivity index (χ0) is 13.3. The normalized spacial score (nSPS) is 10.3. The summed E-state index contributed by atoms with van der Waals surface area (Å²) in [7, 11) is 1.37. The van der Waals surface area contributed by atoms with Crippen LogP contribution in [0, 0.1) is 13.7 Å². The number of nitro benzene ring substituents is 1. The predicted molar refractivity (Wildman–Crippen MR) is 72.3 cm³/mol. The van der Waals surface area contributed by atoms with Gasteiger partial charge < -0.3 is 15.0 Å². The summed E-state index contributed by atoms with van der Waals surface area (Å²) in [5.41, 5.74) is 5.95. The van der Waals surface area contributed by atoms with Crippen molar-refractivity contribution in [2.75, 3.05) is 12.8 Å². The van der Waals surface area contributed by atoms with E-state index in [1.807, 2.05) is 22.6 Å². The molecule has 0 bridgehead atoms. The van der Waals surface area contributed by atoms with E-state index in [2.05, 4.69) is 5.16 Å². The molecule has 1 aromatic heterocycles. The van der Waals surface area contributed by atoms with Crippen molar-refractivity contribution < 1.29 is 14.2 Å². The molecule has 0 spiro atoms. The molecule has 0 aliphatic heterocycles. The first-order valence-electron chi connectivity index (χ1n) is 4.78. The lowest BCUT2D eigenvalue weighted by Crippen LogP contribution is -1.94. The average molecular weight is 361 g/mol. The van der Waals surface area contributed by atoms with Crippen LogP contribution in [-0.4, -0.2) is 17.2 Å². The number of anilines is 1. The van der Waals surface area contributed by atoms with Crippen molar-refractivity contribution in [1.29, 1.82) is 0 Å². The third-order valence-corrected chi connectivity index (χ3v) is 3.34. The Kier molecular flexibility index (Phi) is 3.36. The summed E-state index contributed by atoms with van der Waals surface area (Å²) in [5.74, 6) is 0.842. The zero-order valence-corrected chi connectivity index (χ0v) is 11.4. The molecule has 0 atom stereocenters. The van der Waals surface area contributed by atoms with E-state index < -0.39 is 4.92 Å². The van der Waals surface area contributed by atoms with Gasteiger partial charge >= 0.3 is 5.69 Å². The van der Waals surface area contributed by atoms with Gasteiger partial charge in [0.15, 0.2) is 17.3 Å². The molecule has 0 saturated carbocycles. The van der Waals surface area contributed by atoms with Crippen LogP contribution in [0.3, 0.4) is 0 Å². The maximum atomic E-state index is 10.9. The van der Waals surface area contributed by atoms with Crippen LogP contribution in [0.25, 0.3) is 11.3 Å². The minimum absolute atomic E-state index is 0.138. The smallest absolute Gasteiger partial charge is 0.311 e. The largest absolute Gasteiger partial charge is 0.490 e. The number of nitrogen functional groups attached to an aromatic ring is 1. The van der Waals surface area contributed by atoms with Gasteiger partial charge in [0, 0.05) is 11.6 Å². The van der Waals surface area contributed by atoms with E-state index in [9.17, 15) is 10.1 Å². The Morgan fingerprint density at radius 2 is 2.28 bits per heavy atom. The molecule has 1 aromatic carbocycles. The number of rotatable bonds is 3. The molecule has 0 saturated heterocycles. The van der Waals surface area contributed by atoms with E-state index >= 15 is 0 Å². The van der Waals surface area contributed by atoms with Crippen LogP contribution < -0.4 is 10.5 Å². The number of nitro groups is 1. The van der Waals surface area contributed by atoms with E-state index in [0.717, 1.165) is 0 Å². The number of benzene rings is 1. The molecule has 0 unspecified atom stereocenters. The monoisotopic (exact) mass is 361 g/mol. The summed E-state index contributed by atoms with van der Waals surface area (Å²) in [5, 5.41) is 14.5. The second kappa shape index (κ2) is 4.80. The molecule has 18 heavy (non-hydrogen) atoms. The zero-order valence-electron chi connectivity index (χ0n) is 9.21. The van der Waals surface area contributed by atoms with Crippen LogP contribution in [0.15, 0.2) is 22.7 Å². The van der Waals surface area contributed by atoms with E-state index in [4.69, 9.17) is 15.0 Å². The molecular formula is C10H8IN3O4. The highest BCUT2D eigenvalue weighted by Crippen LogP contribution is 2.35. The fraction of sp³-hybridized carbons (Fsp3) is 0.100. The van der Waals surface area contributed by atoms with Crippen LogP contribution in [-0.2, 0) is 0 Å². The lowest BCUT2D eigenvalue weighted by atomic mass is 10.1. The van der Waals surface area contributed by atoms with Crippen molar-refractivity contribution in [3.8, 4) is 17.1 Å². The van der Waals surface area contributed by atoms with Crippen LogP contribution in [0.2, 0.25) is 0 Å². The Morgan fingerprint density at radius 3 is 2.78 bits per heavy atom. The highest BCUT2D eigenvalue weighted by molar-refractivity contribution is 14.1. The predicted octanol–water partition coefficient (Wildman–Crippen LogP) is 2.45. The highest BCUT2D eigenvalue weighted by Gasteiger charge is 2.20. The number of halogens is 1. The average Bonchev–Trinajstić information content (AvgIpc) is 2.69. The maximum Gasteiger partial charge on any atom is 0.311 e. The molecule has 0 aliphatic carbocycles. The number of hydrogen-bond donors (Lipinski definition) is 1. The van der Waals surface area contributed by atoms with Crippen molar-refractivity contribution in [3.63, 3.8) is 0 Å². The summed E-state index contributed by atoms with van der Waals surface area (Å²) in [6, 6.07) is 4.51. The number of methoxy groups -OCH3 is 1. The van der Waals surface area contributed by atoms with Gasteiger partial charge in [-0.15, -0.1) is 0 Å². The number of nitrogens with zero attached hydrogens (tertiary/aromatic N) is 2. The fourth-order valence-corrected chi connectivity index (χ4v) is 1.95. The first-order valence-corrected chi connectivity index (χ1v) is 5.86. The number of nitrogens with two attached hydrogens (primary N) is 1. The number of ether oxygens (including phenoxy) is 1. The summed E-state index contributed by atoms with van der Waals surface area (Å²) >= 11 is 1.97. The number of aromatic nitrogens is 1. The molecule has 0 fully saturated rings. The van der Waals surface area contributed by atoms with E-state index in [-0.39, 0.29) is 17.3 Å². The summed E-state index contributed by atoms with van der Waals surface area (Å²) in [6.45, 7) is 0. The molecule has 7 nitrogen and oxygen atoms in total. The Hall–Kier alpha value is -1.84. The van der Waals surface area contributed by atoms with Gasteiger partial charge in [-0.05, 0) is 34.7 Å². The lowest BCUT2D eigenvalue weighted by molar-refractivity contribution is -0.385. The van der Waals surface area contributed by atoms with E-state index in [0.29, 0.717) is 14.9 Å². The van der Waals surface area contributed by atoms with Crippen molar-refractivity contribution in [2.45, 2.75) is 0 Å². The maximum absolute atomic E-state index is 10.9. The van der Waals surface area contributed by atoms with Gasteiger partial charge in [-0.1, -0.05) is 5.16 Å². The van der Waals surface area contributed by atoms with Crippen molar-refractivity contribution in [1.82, 2.24) is 5.16 Å². The van der Waals surface area contributed by atoms with Crippen LogP contribution in [0.4, 0.5) is 11.5 Å². The standard InChI is InChI=1S/C10H8IN3O4/c1-17-7-3-2-5(4-6(7)14(15)16)9-8(11)10(12)13-18-9/h2-4H,1H3,(H2,12,13). The first-order chi connectivity index (χ1) is 8.54. The summed E-state index contributed by atoms with van der Waals surface area (Å²) in [6.07, 6.45) is 0. The van der Waals surface area contributed by atoms with Crippen LogP contribution in [0.5, 0.6) is 5.75 Å². The van der Waals surface area contributed by atoms with Gasteiger partial charge in [-0.3, -0.25) is 10.1 Å². The molecule has 2 N–H and O–H groups in total. The minimum atomic E-state index is -0.519. The minimum Gasteiger partial charge on any atom is -0.490 e. The Labute approximate surface area is 115 Å². The molecule has 2 rings (SSSR count). The van der Waals surface area contributed by atoms with Crippen molar-refractivity contribution >= 4 is 34.1 Å². The molecule has 0 radical (unpaired) electrons. The number of hydrogen-bond acceptors (Lipinski definition) is 6. The molecule has 2 aromatic rings. The van der Waals surface area contributed by atoms with Crippen LogP contribution in [0.1, 0.15) is 0 Å². The first kappa shape index (κ1) is 12.6. The lowest BCUT2D eigenvalue weighted by Gasteiger charge is -2.03. The van der Waals surface area contributed by atoms with E-state index in [1.54, 1.807) is 6.07 Å². The molecule has 0 amide bonds.